The molecule has 0 aliphatic heterocycles. The van der Waals surface area contributed by atoms with Crippen molar-refractivity contribution in [3.05, 3.63) is 23.3 Å². The minimum atomic E-state index is -0.876. The first-order valence-electron chi connectivity index (χ1n) is 5.05. The van der Waals surface area contributed by atoms with Gasteiger partial charge in [-0.3, -0.25) is 4.79 Å². The molecule has 0 saturated carbocycles. The highest BCUT2D eigenvalue weighted by molar-refractivity contribution is 5.70. The lowest BCUT2D eigenvalue weighted by Crippen LogP contribution is -2.12. The number of phenolic OH excluding ortho intramolecular Hbond substituents is 1. The summed E-state index contributed by atoms with van der Waals surface area (Å²) in [6.07, 6.45) is 0.289. The third kappa shape index (κ3) is 2.66. The topological polar surface area (TPSA) is 66.8 Å². The standard InChI is InChI=1S/C12H16O4/c1-7-5-10(13)9(6-11(7)16-3)4-8(2)12(14)15/h5-6,8,13H,4H2,1-3H3,(H,14,15). The smallest absolute Gasteiger partial charge is 0.306 e. The van der Waals surface area contributed by atoms with Gasteiger partial charge < -0.3 is 14.9 Å². The summed E-state index contributed by atoms with van der Waals surface area (Å²) in [5, 5.41) is 18.5. The van der Waals surface area contributed by atoms with Gasteiger partial charge in [0, 0.05) is 0 Å². The second kappa shape index (κ2) is 4.88. The van der Waals surface area contributed by atoms with Crippen molar-refractivity contribution in [2.45, 2.75) is 20.3 Å². The zero-order valence-corrected chi connectivity index (χ0v) is 9.65. The van der Waals surface area contributed by atoms with E-state index in [0.717, 1.165) is 5.56 Å². The monoisotopic (exact) mass is 224 g/mol. The van der Waals surface area contributed by atoms with Crippen LogP contribution in [-0.4, -0.2) is 23.3 Å². The van der Waals surface area contributed by atoms with E-state index in [1.54, 1.807) is 26.2 Å². The molecule has 0 heterocycles. The van der Waals surface area contributed by atoms with Crippen molar-refractivity contribution in [1.82, 2.24) is 0 Å². The minimum Gasteiger partial charge on any atom is -0.508 e. The van der Waals surface area contributed by atoms with Gasteiger partial charge in [-0.05, 0) is 36.6 Å². The second-order valence-electron chi connectivity index (χ2n) is 3.89. The van der Waals surface area contributed by atoms with Gasteiger partial charge in [-0.15, -0.1) is 0 Å². The van der Waals surface area contributed by atoms with Gasteiger partial charge in [0.25, 0.3) is 0 Å². The average molecular weight is 224 g/mol. The minimum absolute atomic E-state index is 0.117. The predicted octanol–water partition coefficient (Wildman–Crippen LogP) is 1.97. The van der Waals surface area contributed by atoms with Crippen LogP contribution < -0.4 is 4.74 Å². The van der Waals surface area contributed by atoms with Crippen molar-refractivity contribution in [3.63, 3.8) is 0 Å². The molecule has 1 unspecified atom stereocenters. The molecule has 0 spiro atoms. The number of carboxylic acids is 1. The third-order valence-corrected chi connectivity index (χ3v) is 2.54. The molecule has 4 nitrogen and oxygen atoms in total. The fourth-order valence-corrected chi connectivity index (χ4v) is 1.52. The Balaban J connectivity index is 3.00. The summed E-state index contributed by atoms with van der Waals surface area (Å²) < 4.78 is 5.12. The Morgan fingerprint density at radius 3 is 2.62 bits per heavy atom. The van der Waals surface area contributed by atoms with Crippen molar-refractivity contribution in [1.29, 1.82) is 0 Å². The van der Waals surface area contributed by atoms with Crippen LogP contribution in [0.1, 0.15) is 18.1 Å². The second-order valence-corrected chi connectivity index (χ2v) is 3.89. The van der Waals surface area contributed by atoms with Crippen molar-refractivity contribution in [3.8, 4) is 11.5 Å². The number of carboxylic acid groups (broad SMARTS) is 1. The SMILES string of the molecule is COc1cc(CC(C)C(=O)O)c(O)cc1C. The van der Waals surface area contributed by atoms with E-state index >= 15 is 0 Å². The molecule has 0 radical (unpaired) electrons. The fraction of sp³-hybridized carbons (Fsp3) is 0.417. The summed E-state index contributed by atoms with van der Waals surface area (Å²) in [6.45, 7) is 3.43. The molecule has 1 atom stereocenters. The van der Waals surface area contributed by atoms with E-state index in [0.29, 0.717) is 11.3 Å². The van der Waals surface area contributed by atoms with E-state index in [1.807, 2.05) is 6.92 Å². The van der Waals surface area contributed by atoms with Gasteiger partial charge in [0.1, 0.15) is 11.5 Å². The Morgan fingerprint density at radius 2 is 2.12 bits per heavy atom. The summed E-state index contributed by atoms with van der Waals surface area (Å²) in [5.41, 5.74) is 1.42. The molecule has 0 saturated heterocycles. The summed E-state index contributed by atoms with van der Waals surface area (Å²) >= 11 is 0. The van der Waals surface area contributed by atoms with Crippen molar-refractivity contribution < 1.29 is 19.7 Å². The number of aryl methyl sites for hydroxylation is 1. The van der Waals surface area contributed by atoms with Crippen molar-refractivity contribution in [2.24, 2.45) is 5.92 Å². The number of hydrogen-bond acceptors (Lipinski definition) is 3. The first-order valence-corrected chi connectivity index (χ1v) is 5.05. The zero-order valence-electron chi connectivity index (χ0n) is 9.65. The number of methoxy groups -OCH3 is 1. The highest BCUT2D eigenvalue weighted by Crippen LogP contribution is 2.29. The van der Waals surface area contributed by atoms with Crippen LogP contribution in [0, 0.1) is 12.8 Å². The van der Waals surface area contributed by atoms with E-state index in [1.165, 1.54) is 0 Å². The maximum Gasteiger partial charge on any atom is 0.306 e. The first kappa shape index (κ1) is 12.4. The number of rotatable bonds is 4. The maximum atomic E-state index is 10.7. The summed E-state index contributed by atoms with van der Waals surface area (Å²) in [7, 11) is 1.55. The number of benzene rings is 1. The van der Waals surface area contributed by atoms with E-state index in [2.05, 4.69) is 0 Å². The molecule has 0 aliphatic carbocycles. The number of carbonyl (C=O) groups is 1. The lowest BCUT2D eigenvalue weighted by Gasteiger charge is -2.12. The van der Waals surface area contributed by atoms with Crippen LogP contribution in [0.5, 0.6) is 11.5 Å². The molecule has 2 N–H and O–H groups in total. The fourth-order valence-electron chi connectivity index (χ4n) is 1.52. The molecule has 0 amide bonds. The number of ether oxygens (including phenoxy) is 1. The third-order valence-electron chi connectivity index (χ3n) is 2.54. The number of phenols is 1. The molecule has 4 heteroatoms. The van der Waals surface area contributed by atoms with Crippen molar-refractivity contribution >= 4 is 5.97 Å². The van der Waals surface area contributed by atoms with Gasteiger partial charge in [0.05, 0.1) is 13.0 Å². The van der Waals surface area contributed by atoms with Gasteiger partial charge in [0.15, 0.2) is 0 Å². The Morgan fingerprint density at radius 1 is 1.50 bits per heavy atom. The number of aromatic hydroxyl groups is 1. The average Bonchev–Trinajstić information content (AvgIpc) is 2.21. The van der Waals surface area contributed by atoms with Gasteiger partial charge in [0.2, 0.25) is 0 Å². The Bertz CT molecular complexity index is 398. The van der Waals surface area contributed by atoms with E-state index in [9.17, 15) is 9.90 Å². The molecule has 0 aliphatic rings. The normalized spacial score (nSPS) is 12.2. The molecule has 0 bridgehead atoms. The highest BCUT2D eigenvalue weighted by Gasteiger charge is 2.15. The summed E-state index contributed by atoms with van der Waals surface area (Å²) in [4.78, 5) is 10.7. The van der Waals surface area contributed by atoms with Crippen LogP contribution in [0.2, 0.25) is 0 Å². The molecule has 16 heavy (non-hydrogen) atoms. The predicted molar refractivity (Wildman–Crippen MR) is 59.9 cm³/mol. The Kier molecular flexibility index (Phi) is 3.77. The molecule has 1 aromatic carbocycles. The van der Waals surface area contributed by atoms with Crippen LogP contribution >= 0.6 is 0 Å². The molecule has 0 aromatic heterocycles. The lowest BCUT2D eigenvalue weighted by molar-refractivity contribution is -0.141. The van der Waals surface area contributed by atoms with Crippen LogP contribution in [0.15, 0.2) is 12.1 Å². The summed E-state index contributed by atoms with van der Waals surface area (Å²) in [6, 6.07) is 3.27. The van der Waals surface area contributed by atoms with E-state index in [-0.39, 0.29) is 12.2 Å². The molecule has 88 valence electrons. The highest BCUT2D eigenvalue weighted by atomic mass is 16.5. The van der Waals surface area contributed by atoms with E-state index < -0.39 is 11.9 Å². The van der Waals surface area contributed by atoms with E-state index in [4.69, 9.17) is 9.84 Å². The molecular formula is C12H16O4. The van der Waals surface area contributed by atoms with Crippen LogP contribution in [0.4, 0.5) is 0 Å². The Labute approximate surface area is 94.5 Å². The quantitative estimate of drug-likeness (QED) is 0.820. The maximum absolute atomic E-state index is 10.7. The van der Waals surface area contributed by atoms with Crippen LogP contribution in [-0.2, 0) is 11.2 Å². The summed E-state index contributed by atoms with van der Waals surface area (Å²) in [5.74, 6) is -0.631. The van der Waals surface area contributed by atoms with Crippen LogP contribution in [0.25, 0.3) is 0 Å². The molecular weight excluding hydrogens is 208 g/mol. The number of hydrogen-bond donors (Lipinski definition) is 2. The van der Waals surface area contributed by atoms with Gasteiger partial charge in [-0.2, -0.15) is 0 Å². The zero-order chi connectivity index (χ0) is 12.3. The lowest BCUT2D eigenvalue weighted by atomic mass is 9.99. The largest absolute Gasteiger partial charge is 0.508 e. The molecule has 0 fully saturated rings. The Hall–Kier alpha value is -1.71. The van der Waals surface area contributed by atoms with Crippen molar-refractivity contribution in [2.75, 3.05) is 7.11 Å². The molecule has 1 rings (SSSR count). The number of aliphatic carboxylic acids is 1. The first-order chi connectivity index (χ1) is 7.45. The molecule has 1 aromatic rings. The van der Waals surface area contributed by atoms with Gasteiger partial charge >= 0.3 is 5.97 Å². The van der Waals surface area contributed by atoms with Gasteiger partial charge in [-0.25, -0.2) is 0 Å². The van der Waals surface area contributed by atoms with Crippen LogP contribution in [0.3, 0.4) is 0 Å². The van der Waals surface area contributed by atoms with Gasteiger partial charge in [-0.1, -0.05) is 6.92 Å².